The fraction of sp³-hybridized carbons (Fsp3) is 0. The number of hydrogen-bond acceptors (Lipinski definition) is 4. The number of phenolic OH excluding ortho intramolecular Hbond substituents is 1. The van der Waals surface area contributed by atoms with Gasteiger partial charge in [-0.05, 0) is 35.9 Å². The number of aromatic nitrogens is 2. The van der Waals surface area contributed by atoms with Crippen molar-refractivity contribution in [3.8, 4) is 5.75 Å². The van der Waals surface area contributed by atoms with Gasteiger partial charge < -0.3 is 5.11 Å². The van der Waals surface area contributed by atoms with Gasteiger partial charge in [0.1, 0.15) is 5.75 Å². The van der Waals surface area contributed by atoms with Crippen LogP contribution in [0.4, 0.5) is 0 Å². The standard InChI is InChI=1S/C13H10N2O2/c16-9-11(8-12-2-1-7-14-15-12)10-3-5-13(17)6-4-10/h1-9,17H/b11-8+. The molecule has 0 atom stereocenters. The summed E-state index contributed by atoms with van der Waals surface area (Å²) in [5.74, 6) is 0.165. The number of hydrogen-bond donors (Lipinski definition) is 1. The Kier molecular flexibility index (Phi) is 3.25. The number of phenols is 1. The summed E-state index contributed by atoms with van der Waals surface area (Å²) in [6, 6.07) is 9.92. The van der Waals surface area contributed by atoms with Gasteiger partial charge in [0.05, 0.1) is 5.69 Å². The zero-order valence-electron chi connectivity index (χ0n) is 8.95. The molecule has 4 nitrogen and oxygen atoms in total. The van der Waals surface area contributed by atoms with E-state index in [2.05, 4.69) is 10.2 Å². The number of aromatic hydroxyl groups is 1. The van der Waals surface area contributed by atoms with Crippen molar-refractivity contribution in [3.63, 3.8) is 0 Å². The van der Waals surface area contributed by atoms with E-state index in [0.29, 0.717) is 11.3 Å². The first-order valence-electron chi connectivity index (χ1n) is 5.03. The molecule has 0 unspecified atom stereocenters. The number of allylic oxidation sites excluding steroid dienone is 1. The van der Waals surface area contributed by atoms with E-state index in [0.717, 1.165) is 11.8 Å². The molecule has 17 heavy (non-hydrogen) atoms. The largest absolute Gasteiger partial charge is 0.508 e. The number of nitrogens with zero attached hydrogens (tertiary/aromatic N) is 2. The summed E-state index contributed by atoms with van der Waals surface area (Å²) in [4.78, 5) is 11.0. The molecular weight excluding hydrogens is 216 g/mol. The lowest BCUT2D eigenvalue weighted by molar-refractivity contribution is -0.103. The summed E-state index contributed by atoms with van der Waals surface area (Å²) >= 11 is 0. The van der Waals surface area contributed by atoms with Gasteiger partial charge in [0.25, 0.3) is 0 Å². The molecule has 84 valence electrons. The normalized spacial score (nSPS) is 11.2. The molecule has 0 saturated carbocycles. The first-order valence-corrected chi connectivity index (χ1v) is 5.03. The minimum Gasteiger partial charge on any atom is -0.508 e. The average Bonchev–Trinajstić information content (AvgIpc) is 2.38. The molecule has 1 heterocycles. The highest BCUT2D eigenvalue weighted by Crippen LogP contribution is 2.18. The lowest BCUT2D eigenvalue weighted by atomic mass is 10.1. The first-order chi connectivity index (χ1) is 8.29. The van der Waals surface area contributed by atoms with E-state index < -0.39 is 0 Å². The maximum Gasteiger partial charge on any atom is 0.150 e. The lowest BCUT2D eigenvalue weighted by Crippen LogP contribution is -1.88. The van der Waals surface area contributed by atoms with Gasteiger partial charge >= 0.3 is 0 Å². The molecule has 0 fully saturated rings. The van der Waals surface area contributed by atoms with Crippen LogP contribution in [-0.4, -0.2) is 21.6 Å². The summed E-state index contributed by atoms with van der Waals surface area (Å²) in [6.45, 7) is 0. The predicted octanol–water partition coefficient (Wildman–Crippen LogP) is 1.92. The molecular formula is C13H10N2O2. The van der Waals surface area contributed by atoms with E-state index in [-0.39, 0.29) is 5.75 Å². The predicted molar refractivity (Wildman–Crippen MR) is 64.1 cm³/mol. The molecule has 0 aliphatic heterocycles. The van der Waals surface area contributed by atoms with Gasteiger partial charge in [0, 0.05) is 11.8 Å². The van der Waals surface area contributed by atoms with Crippen LogP contribution in [-0.2, 0) is 4.79 Å². The minimum atomic E-state index is 0.165. The summed E-state index contributed by atoms with van der Waals surface area (Å²) in [6.07, 6.45) is 3.96. The number of carbonyl (C=O) groups excluding carboxylic acids is 1. The summed E-state index contributed by atoms with van der Waals surface area (Å²) in [5.41, 5.74) is 1.83. The van der Waals surface area contributed by atoms with Crippen molar-refractivity contribution in [2.24, 2.45) is 0 Å². The number of rotatable bonds is 3. The average molecular weight is 226 g/mol. The second kappa shape index (κ2) is 5.03. The van der Waals surface area contributed by atoms with Crippen LogP contribution < -0.4 is 0 Å². The minimum absolute atomic E-state index is 0.165. The van der Waals surface area contributed by atoms with Crippen LogP contribution in [0.1, 0.15) is 11.3 Å². The quantitative estimate of drug-likeness (QED) is 0.641. The Hall–Kier alpha value is -2.49. The van der Waals surface area contributed by atoms with Crippen molar-refractivity contribution < 1.29 is 9.90 Å². The lowest BCUT2D eigenvalue weighted by Gasteiger charge is -2.00. The highest BCUT2D eigenvalue weighted by molar-refractivity contribution is 6.13. The molecule has 0 amide bonds. The summed E-state index contributed by atoms with van der Waals surface area (Å²) < 4.78 is 0. The monoisotopic (exact) mass is 226 g/mol. The van der Waals surface area contributed by atoms with Gasteiger partial charge in [-0.25, -0.2) is 0 Å². The topological polar surface area (TPSA) is 63.1 Å². The Bertz CT molecular complexity index is 533. The third kappa shape index (κ3) is 2.75. The zero-order valence-corrected chi connectivity index (χ0v) is 8.95. The summed E-state index contributed by atoms with van der Waals surface area (Å²) in [5, 5.41) is 16.8. The summed E-state index contributed by atoms with van der Waals surface area (Å²) in [7, 11) is 0. The van der Waals surface area contributed by atoms with Crippen LogP contribution in [0.25, 0.3) is 11.6 Å². The maximum atomic E-state index is 11.0. The number of benzene rings is 1. The zero-order chi connectivity index (χ0) is 12.1. The molecule has 1 aromatic heterocycles. The molecule has 0 aliphatic carbocycles. The van der Waals surface area contributed by atoms with E-state index in [1.807, 2.05) is 0 Å². The van der Waals surface area contributed by atoms with Gasteiger partial charge in [-0.3, -0.25) is 4.79 Å². The smallest absolute Gasteiger partial charge is 0.150 e. The highest BCUT2D eigenvalue weighted by atomic mass is 16.3. The Morgan fingerprint density at radius 2 is 1.94 bits per heavy atom. The number of aldehydes is 1. The van der Waals surface area contributed by atoms with Crippen LogP contribution in [0.15, 0.2) is 42.6 Å². The third-order valence-electron chi connectivity index (χ3n) is 2.22. The van der Waals surface area contributed by atoms with Gasteiger partial charge in [0.2, 0.25) is 0 Å². The fourth-order valence-corrected chi connectivity index (χ4v) is 1.39. The Balaban J connectivity index is 2.37. The highest BCUT2D eigenvalue weighted by Gasteiger charge is 2.01. The second-order valence-electron chi connectivity index (χ2n) is 3.41. The van der Waals surface area contributed by atoms with Crippen LogP contribution in [0.5, 0.6) is 5.75 Å². The van der Waals surface area contributed by atoms with Gasteiger partial charge in [-0.2, -0.15) is 10.2 Å². The molecule has 4 heteroatoms. The molecule has 0 radical (unpaired) electrons. The van der Waals surface area contributed by atoms with Crippen LogP contribution in [0, 0.1) is 0 Å². The van der Waals surface area contributed by atoms with E-state index in [4.69, 9.17) is 0 Å². The van der Waals surface area contributed by atoms with Crippen molar-refractivity contribution in [2.75, 3.05) is 0 Å². The SMILES string of the molecule is O=C/C(=C\c1cccnn1)c1ccc(O)cc1. The van der Waals surface area contributed by atoms with E-state index in [9.17, 15) is 9.90 Å². The molecule has 0 spiro atoms. The molecule has 0 saturated heterocycles. The van der Waals surface area contributed by atoms with Crippen LogP contribution in [0.2, 0.25) is 0 Å². The fourth-order valence-electron chi connectivity index (χ4n) is 1.39. The second-order valence-corrected chi connectivity index (χ2v) is 3.41. The van der Waals surface area contributed by atoms with Gasteiger partial charge in [-0.15, -0.1) is 0 Å². The molecule has 2 rings (SSSR count). The van der Waals surface area contributed by atoms with Crippen LogP contribution >= 0.6 is 0 Å². The molecule has 1 N–H and O–H groups in total. The Labute approximate surface area is 98.3 Å². The van der Waals surface area contributed by atoms with Crippen molar-refractivity contribution in [1.29, 1.82) is 0 Å². The molecule has 2 aromatic rings. The van der Waals surface area contributed by atoms with E-state index in [1.54, 1.807) is 36.5 Å². The first kappa shape index (κ1) is 11.0. The molecule has 0 aliphatic rings. The number of carbonyl (C=O) groups is 1. The van der Waals surface area contributed by atoms with E-state index >= 15 is 0 Å². The van der Waals surface area contributed by atoms with Crippen molar-refractivity contribution in [3.05, 3.63) is 53.9 Å². The molecule has 1 aromatic carbocycles. The Morgan fingerprint density at radius 3 is 2.53 bits per heavy atom. The Morgan fingerprint density at radius 1 is 1.18 bits per heavy atom. The maximum absolute atomic E-state index is 11.0. The van der Waals surface area contributed by atoms with Crippen molar-refractivity contribution in [2.45, 2.75) is 0 Å². The van der Waals surface area contributed by atoms with Crippen molar-refractivity contribution >= 4 is 17.9 Å². The van der Waals surface area contributed by atoms with Gasteiger partial charge in [0.15, 0.2) is 6.29 Å². The van der Waals surface area contributed by atoms with Crippen LogP contribution in [0.3, 0.4) is 0 Å². The van der Waals surface area contributed by atoms with E-state index in [1.165, 1.54) is 12.1 Å². The van der Waals surface area contributed by atoms with Gasteiger partial charge in [-0.1, -0.05) is 12.1 Å². The third-order valence-corrected chi connectivity index (χ3v) is 2.22. The molecule has 0 bridgehead atoms. The van der Waals surface area contributed by atoms with Crippen molar-refractivity contribution in [1.82, 2.24) is 10.2 Å².